The van der Waals surface area contributed by atoms with Gasteiger partial charge in [0.2, 0.25) is 11.8 Å². The van der Waals surface area contributed by atoms with Crippen molar-refractivity contribution in [2.24, 2.45) is 0 Å². The smallest absolute Gasteiger partial charge is 0.255 e. The second kappa shape index (κ2) is 13.5. The van der Waals surface area contributed by atoms with Crippen LogP contribution in [0.1, 0.15) is 72.0 Å². The van der Waals surface area contributed by atoms with Crippen molar-refractivity contribution in [2.45, 2.75) is 69.4 Å². The predicted molar refractivity (Wildman–Crippen MR) is 159 cm³/mol. The van der Waals surface area contributed by atoms with Crippen molar-refractivity contribution in [1.82, 2.24) is 20.4 Å². The van der Waals surface area contributed by atoms with Crippen LogP contribution in [0, 0.1) is 11.3 Å². The Labute approximate surface area is 248 Å². The van der Waals surface area contributed by atoms with Gasteiger partial charge in [-0.25, -0.2) is 0 Å². The third-order valence-corrected chi connectivity index (χ3v) is 9.05. The fourth-order valence-corrected chi connectivity index (χ4v) is 6.48. The van der Waals surface area contributed by atoms with E-state index in [0.717, 1.165) is 81.6 Å². The highest BCUT2D eigenvalue weighted by Crippen LogP contribution is 2.36. The van der Waals surface area contributed by atoms with E-state index in [1.165, 1.54) is 5.56 Å². The maximum atomic E-state index is 13.1. The summed E-state index contributed by atoms with van der Waals surface area (Å²) >= 11 is 0. The fourth-order valence-electron chi connectivity index (χ4n) is 6.48. The van der Waals surface area contributed by atoms with Gasteiger partial charge in [0.15, 0.2) is 0 Å². The van der Waals surface area contributed by atoms with E-state index in [0.29, 0.717) is 25.1 Å². The molecule has 3 aliphatic heterocycles. The highest BCUT2D eigenvalue weighted by Gasteiger charge is 2.40. The first-order chi connectivity index (χ1) is 20.4. The van der Waals surface area contributed by atoms with Crippen LogP contribution in [0.5, 0.6) is 5.75 Å². The monoisotopic (exact) mass is 571 g/mol. The number of unbranched alkanes of at least 4 members (excludes halogenated alkanes) is 2. The van der Waals surface area contributed by atoms with Crippen LogP contribution in [0.2, 0.25) is 0 Å². The zero-order chi connectivity index (χ0) is 29.5. The molecule has 9 heteroatoms. The molecule has 0 bridgehead atoms. The number of nitrogens with zero attached hydrogens (tertiary/aromatic N) is 3. The molecule has 2 fully saturated rings. The Kier molecular flexibility index (Phi) is 9.55. The van der Waals surface area contributed by atoms with Crippen LogP contribution in [0.3, 0.4) is 0 Å². The van der Waals surface area contributed by atoms with Gasteiger partial charge in [0, 0.05) is 25.1 Å². The molecular weight excluding hydrogens is 530 g/mol. The number of hydrogen-bond acceptors (Lipinski definition) is 7. The number of aryl methyl sites for hydroxylation is 1. The number of piperidine rings is 2. The van der Waals surface area contributed by atoms with Crippen molar-refractivity contribution < 1.29 is 19.1 Å². The predicted octanol–water partition coefficient (Wildman–Crippen LogP) is 3.32. The van der Waals surface area contributed by atoms with Crippen molar-refractivity contribution in [3.8, 4) is 11.8 Å². The summed E-state index contributed by atoms with van der Waals surface area (Å²) in [6, 6.07) is 16.0. The van der Waals surface area contributed by atoms with E-state index >= 15 is 0 Å². The first-order valence-electron chi connectivity index (χ1n) is 15.2. The van der Waals surface area contributed by atoms with Gasteiger partial charge in [-0.2, -0.15) is 5.26 Å². The second-order valence-electron chi connectivity index (χ2n) is 11.7. The Morgan fingerprint density at radius 3 is 2.57 bits per heavy atom. The van der Waals surface area contributed by atoms with Gasteiger partial charge in [-0.1, -0.05) is 30.7 Å². The number of rotatable bonds is 12. The van der Waals surface area contributed by atoms with Crippen molar-refractivity contribution in [3.63, 3.8) is 0 Å². The summed E-state index contributed by atoms with van der Waals surface area (Å²) in [7, 11) is 1.90. The standard InChI is InChI=1S/C33H41N5O4/c1-35-17-21-42-26-11-9-25(10-12-26)33(23-34)15-19-37(20-16-33)18-4-2-3-6-24-7-5-8-27-28(24)22-38(32(27)41)29-13-14-30(39)36-31(29)40/h5,7-12,29,35H,2-4,6,13-22H2,1H3,(H,36,39,40). The number of carbonyl (C=O) groups is 3. The Morgan fingerprint density at radius 1 is 1.07 bits per heavy atom. The summed E-state index contributed by atoms with van der Waals surface area (Å²) in [6.07, 6.45) is 6.40. The molecule has 0 radical (unpaired) electrons. The lowest BCUT2D eigenvalue weighted by atomic mass is 9.74. The average Bonchev–Trinajstić information content (AvgIpc) is 3.34. The van der Waals surface area contributed by atoms with Crippen LogP contribution in [-0.4, -0.2) is 73.4 Å². The molecule has 0 spiro atoms. The number of hydrogen-bond donors (Lipinski definition) is 2. The van der Waals surface area contributed by atoms with Crippen molar-refractivity contribution in [1.29, 1.82) is 5.26 Å². The van der Waals surface area contributed by atoms with E-state index in [1.54, 1.807) is 4.90 Å². The van der Waals surface area contributed by atoms with Gasteiger partial charge < -0.3 is 19.9 Å². The number of nitriles is 1. The highest BCUT2D eigenvalue weighted by atomic mass is 16.5. The zero-order valence-corrected chi connectivity index (χ0v) is 24.5. The Hall–Kier alpha value is -3.74. The minimum Gasteiger partial charge on any atom is -0.492 e. The fraction of sp³-hybridized carbons (Fsp3) is 0.515. The number of likely N-dealkylation sites (N-methyl/N-ethyl adjacent to an activating group) is 1. The maximum absolute atomic E-state index is 13.1. The molecule has 1 atom stereocenters. The van der Waals surface area contributed by atoms with Crippen LogP contribution in [-0.2, 0) is 28.0 Å². The van der Waals surface area contributed by atoms with Crippen LogP contribution in [0.15, 0.2) is 42.5 Å². The molecule has 2 aromatic carbocycles. The molecule has 2 N–H and O–H groups in total. The van der Waals surface area contributed by atoms with E-state index in [4.69, 9.17) is 4.74 Å². The van der Waals surface area contributed by atoms with Gasteiger partial charge in [0.25, 0.3) is 5.91 Å². The highest BCUT2D eigenvalue weighted by molar-refractivity contribution is 6.05. The number of amides is 3. The molecule has 0 saturated carbocycles. The van der Waals surface area contributed by atoms with Crippen LogP contribution < -0.4 is 15.4 Å². The Morgan fingerprint density at radius 2 is 1.86 bits per heavy atom. The molecule has 9 nitrogen and oxygen atoms in total. The van der Waals surface area contributed by atoms with Crippen LogP contribution in [0.4, 0.5) is 0 Å². The summed E-state index contributed by atoms with van der Waals surface area (Å²) in [5.74, 6) is 0.0699. The van der Waals surface area contributed by atoms with Crippen molar-refractivity contribution >= 4 is 17.7 Å². The van der Waals surface area contributed by atoms with Gasteiger partial charge >= 0.3 is 0 Å². The maximum Gasteiger partial charge on any atom is 0.255 e. The Balaban J connectivity index is 1.06. The normalized spacial score (nSPS) is 20.2. The number of ether oxygens (including phenoxy) is 1. The third kappa shape index (κ3) is 6.50. The van der Waals surface area contributed by atoms with E-state index in [1.807, 2.05) is 43.4 Å². The quantitative estimate of drug-likeness (QED) is 0.297. The molecule has 2 saturated heterocycles. The van der Waals surface area contributed by atoms with E-state index < -0.39 is 11.5 Å². The molecule has 42 heavy (non-hydrogen) atoms. The first-order valence-corrected chi connectivity index (χ1v) is 15.2. The SMILES string of the molecule is CNCCOc1ccc(C2(C#N)CCN(CCCCCc3cccc4c3CN(C3CCC(=O)NC3=O)C4=O)CC2)cc1. The summed E-state index contributed by atoms with van der Waals surface area (Å²) in [5.41, 5.74) is 3.52. The summed E-state index contributed by atoms with van der Waals surface area (Å²) in [5, 5.41) is 15.5. The van der Waals surface area contributed by atoms with Crippen LogP contribution >= 0.6 is 0 Å². The zero-order valence-electron chi connectivity index (χ0n) is 24.5. The molecule has 3 aliphatic rings. The number of likely N-dealkylation sites (tertiary alicyclic amines) is 1. The molecule has 3 heterocycles. The van der Waals surface area contributed by atoms with Gasteiger partial charge in [0.1, 0.15) is 18.4 Å². The minimum atomic E-state index is -0.582. The van der Waals surface area contributed by atoms with Gasteiger partial charge in [-0.05, 0) is 100 Å². The van der Waals surface area contributed by atoms with Crippen molar-refractivity contribution in [3.05, 3.63) is 64.7 Å². The molecule has 3 amide bonds. The first kappa shape index (κ1) is 29.7. The topological polar surface area (TPSA) is 115 Å². The molecule has 2 aromatic rings. The lowest BCUT2D eigenvalue weighted by molar-refractivity contribution is -0.136. The molecular formula is C33H41N5O4. The van der Waals surface area contributed by atoms with Gasteiger partial charge in [-0.3, -0.25) is 19.7 Å². The van der Waals surface area contributed by atoms with E-state index in [-0.39, 0.29) is 24.1 Å². The van der Waals surface area contributed by atoms with Gasteiger partial charge in [0.05, 0.1) is 11.5 Å². The number of imide groups is 1. The van der Waals surface area contributed by atoms with Crippen molar-refractivity contribution in [2.75, 3.05) is 39.8 Å². The summed E-state index contributed by atoms with van der Waals surface area (Å²) < 4.78 is 5.73. The third-order valence-electron chi connectivity index (χ3n) is 9.05. The molecule has 5 rings (SSSR count). The molecule has 0 aliphatic carbocycles. The number of benzene rings is 2. The number of nitrogens with one attached hydrogen (secondary N) is 2. The van der Waals surface area contributed by atoms with E-state index in [2.05, 4.69) is 27.7 Å². The molecule has 222 valence electrons. The lowest BCUT2D eigenvalue weighted by Crippen LogP contribution is -2.52. The number of carbonyl (C=O) groups excluding carboxylic acids is 3. The average molecular weight is 572 g/mol. The minimum absolute atomic E-state index is 0.117. The number of fused-ring (bicyclic) bond motifs is 1. The summed E-state index contributed by atoms with van der Waals surface area (Å²) in [4.78, 5) is 41.1. The van der Waals surface area contributed by atoms with Crippen LogP contribution in [0.25, 0.3) is 0 Å². The lowest BCUT2D eigenvalue weighted by Gasteiger charge is -2.37. The Bertz CT molecular complexity index is 1330. The van der Waals surface area contributed by atoms with E-state index in [9.17, 15) is 19.6 Å². The molecule has 0 aromatic heterocycles. The summed E-state index contributed by atoms with van der Waals surface area (Å²) in [6.45, 7) is 4.69. The largest absolute Gasteiger partial charge is 0.492 e. The second-order valence-corrected chi connectivity index (χ2v) is 11.7. The van der Waals surface area contributed by atoms with Gasteiger partial charge in [-0.15, -0.1) is 0 Å². The molecule has 1 unspecified atom stereocenters.